The number of aryl methyl sites for hydroxylation is 1. The van der Waals surface area contributed by atoms with Gasteiger partial charge in [-0.15, -0.1) is 0 Å². The zero-order chi connectivity index (χ0) is 9.97. The Morgan fingerprint density at radius 3 is 3.07 bits per heavy atom. The van der Waals surface area contributed by atoms with Gasteiger partial charge < -0.3 is 14.8 Å². The van der Waals surface area contributed by atoms with Gasteiger partial charge in [0.05, 0.1) is 7.11 Å². The summed E-state index contributed by atoms with van der Waals surface area (Å²) in [7, 11) is 1.68. The second-order valence-electron chi connectivity index (χ2n) is 3.48. The quantitative estimate of drug-likeness (QED) is 0.733. The van der Waals surface area contributed by atoms with E-state index in [1.807, 2.05) is 6.07 Å². The molecule has 1 aliphatic rings. The van der Waals surface area contributed by atoms with E-state index in [0.717, 1.165) is 24.6 Å². The van der Waals surface area contributed by atoms with Crippen molar-refractivity contribution in [3.05, 3.63) is 23.3 Å². The molecule has 0 fully saturated rings. The number of rotatable bonds is 1. The number of fused-ring (bicyclic) bond motifs is 1. The average molecular weight is 193 g/mol. The van der Waals surface area contributed by atoms with Crippen LogP contribution in [0.4, 0.5) is 0 Å². The van der Waals surface area contributed by atoms with Crippen molar-refractivity contribution in [2.75, 3.05) is 20.3 Å². The average Bonchev–Trinajstić information content (AvgIpc) is 2.41. The zero-order valence-electron chi connectivity index (χ0n) is 8.59. The van der Waals surface area contributed by atoms with Crippen LogP contribution in [0.15, 0.2) is 12.1 Å². The summed E-state index contributed by atoms with van der Waals surface area (Å²) in [4.78, 5) is 0. The maximum atomic E-state index is 5.64. The lowest BCUT2D eigenvalue weighted by molar-refractivity contribution is 0.301. The summed E-state index contributed by atoms with van der Waals surface area (Å²) >= 11 is 0. The van der Waals surface area contributed by atoms with E-state index in [1.54, 1.807) is 7.11 Å². The summed E-state index contributed by atoms with van der Waals surface area (Å²) in [5.74, 6) is 1.73. The molecule has 0 atom stereocenters. The van der Waals surface area contributed by atoms with Gasteiger partial charge >= 0.3 is 0 Å². The predicted octanol–water partition coefficient (Wildman–Crippen LogP) is 1.49. The second-order valence-corrected chi connectivity index (χ2v) is 3.48. The molecule has 2 rings (SSSR count). The van der Waals surface area contributed by atoms with Crippen LogP contribution in [-0.4, -0.2) is 20.3 Å². The molecule has 1 aromatic carbocycles. The van der Waals surface area contributed by atoms with Gasteiger partial charge in [0.1, 0.15) is 6.61 Å². The molecule has 1 N–H and O–H groups in total. The Bertz CT molecular complexity index is 336. The highest BCUT2D eigenvalue weighted by Gasteiger charge is 2.14. The molecule has 76 valence electrons. The van der Waals surface area contributed by atoms with Gasteiger partial charge in [-0.2, -0.15) is 0 Å². The number of benzene rings is 1. The molecule has 0 radical (unpaired) electrons. The van der Waals surface area contributed by atoms with E-state index in [0.29, 0.717) is 6.61 Å². The lowest BCUT2D eigenvalue weighted by Crippen LogP contribution is -2.16. The van der Waals surface area contributed by atoms with Crippen molar-refractivity contribution < 1.29 is 9.47 Å². The molecule has 0 spiro atoms. The third kappa shape index (κ3) is 1.68. The zero-order valence-corrected chi connectivity index (χ0v) is 8.59. The number of hydrogen-bond donors (Lipinski definition) is 1. The van der Waals surface area contributed by atoms with Crippen molar-refractivity contribution in [3.8, 4) is 11.5 Å². The van der Waals surface area contributed by atoms with Crippen LogP contribution < -0.4 is 14.8 Å². The van der Waals surface area contributed by atoms with Crippen LogP contribution in [-0.2, 0) is 6.54 Å². The molecular formula is C11H15NO2. The number of ether oxygens (including phenoxy) is 2. The van der Waals surface area contributed by atoms with Gasteiger partial charge in [-0.05, 0) is 18.6 Å². The summed E-state index contributed by atoms with van der Waals surface area (Å²) in [5.41, 5.74) is 2.38. The molecule has 0 saturated heterocycles. The minimum Gasteiger partial charge on any atom is -0.493 e. The minimum atomic E-state index is 0.701. The minimum absolute atomic E-state index is 0.701. The van der Waals surface area contributed by atoms with Crippen molar-refractivity contribution in [2.45, 2.75) is 13.5 Å². The first-order valence-corrected chi connectivity index (χ1v) is 4.82. The lowest BCUT2D eigenvalue weighted by atomic mass is 10.1. The maximum Gasteiger partial charge on any atom is 0.165 e. The monoisotopic (exact) mass is 193 g/mol. The van der Waals surface area contributed by atoms with E-state index in [-0.39, 0.29) is 0 Å². The fourth-order valence-electron chi connectivity index (χ4n) is 1.71. The van der Waals surface area contributed by atoms with Gasteiger partial charge in [0.2, 0.25) is 0 Å². The summed E-state index contributed by atoms with van der Waals surface area (Å²) < 4.78 is 10.9. The third-order valence-corrected chi connectivity index (χ3v) is 2.34. The number of hydrogen-bond acceptors (Lipinski definition) is 3. The SMILES string of the molecule is COc1cc(C)cc2c1OCCNC2. The molecule has 0 bridgehead atoms. The third-order valence-electron chi connectivity index (χ3n) is 2.34. The standard InChI is InChI=1S/C11H15NO2/c1-8-5-9-7-12-3-4-14-11(9)10(6-8)13-2/h5-6,12H,3-4,7H2,1-2H3. The predicted molar refractivity (Wildman–Crippen MR) is 54.9 cm³/mol. The molecule has 3 nitrogen and oxygen atoms in total. The molecule has 1 aromatic rings. The van der Waals surface area contributed by atoms with E-state index < -0.39 is 0 Å². The molecule has 0 aliphatic carbocycles. The smallest absolute Gasteiger partial charge is 0.165 e. The van der Waals surface area contributed by atoms with Crippen LogP contribution >= 0.6 is 0 Å². The topological polar surface area (TPSA) is 30.5 Å². The maximum absolute atomic E-state index is 5.64. The summed E-state index contributed by atoms with van der Waals surface area (Å²) in [6.45, 7) is 4.50. The molecule has 1 aliphatic heterocycles. The van der Waals surface area contributed by atoms with Crippen molar-refractivity contribution in [1.29, 1.82) is 0 Å². The van der Waals surface area contributed by atoms with E-state index in [9.17, 15) is 0 Å². The fraction of sp³-hybridized carbons (Fsp3) is 0.455. The van der Waals surface area contributed by atoms with E-state index >= 15 is 0 Å². The van der Waals surface area contributed by atoms with Gasteiger partial charge in [0.15, 0.2) is 11.5 Å². The Morgan fingerprint density at radius 1 is 1.43 bits per heavy atom. The first-order valence-electron chi connectivity index (χ1n) is 4.82. The van der Waals surface area contributed by atoms with Crippen LogP contribution in [0.5, 0.6) is 11.5 Å². The lowest BCUT2D eigenvalue weighted by Gasteiger charge is -2.12. The molecule has 14 heavy (non-hydrogen) atoms. The molecule has 3 heteroatoms. The number of methoxy groups -OCH3 is 1. The Hall–Kier alpha value is -1.22. The van der Waals surface area contributed by atoms with Crippen LogP contribution in [0.1, 0.15) is 11.1 Å². The second kappa shape index (κ2) is 3.88. The number of nitrogens with one attached hydrogen (secondary N) is 1. The molecule has 0 unspecified atom stereocenters. The van der Waals surface area contributed by atoms with Gasteiger partial charge in [0, 0.05) is 18.7 Å². The van der Waals surface area contributed by atoms with Crippen LogP contribution in [0.25, 0.3) is 0 Å². The first kappa shape index (κ1) is 9.34. The summed E-state index contributed by atoms with van der Waals surface area (Å²) in [6, 6.07) is 4.14. The molecular weight excluding hydrogens is 178 g/mol. The molecule has 1 heterocycles. The van der Waals surface area contributed by atoms with Crippen LogP contribution in [0.3, 0.4) is 0 Å². The largest absolute Gasteiger partial charge is 0.493 e. The van der Waals surface area contributed by atoms with Crippen LogP contribution in [0, 0.1) is 6.92 Å². The summed E-state index contributed by atoms with van der Waals surface area (Å²) in [5, 5.41) is 3.30. The molecule has 0 saturated carbocycles. The van der Waals surface area contributed by atoms with Gasteiger partial charge in [-0.1, -0.05) is 6.07 Å². The first-order chi connectivity index (χ1) is 6.81. The van der Waals surface area contributed by atoms with Crippen molar-refractivity contribution >= 4 is 0 Å². The fourth-order valence-corrected chi connectivity index (χ4v) is 1.71. The highest BCUT2D eigenvalue weighted by Crippen LogP contribution is 2.33. The van der Waals surface area contributed by atoms with E-state index in [4.69, 9.17) is 9.47 Å². The highest BCUT2D eigenvalue weighted by molar-refractivity contribution is 5.49. The van der Waals surface area contributed by atoms with Gasteiger partial charge in [-0.25, -0.2) is 0 Å². The van der Waals surface area contributed by atoms with Gasteiger partial charge in [-0.3, -0.25) is 0 Å². The van der Waals surface area contributed by atoms with E-state index in [2.05, 4.69) is 18.3 Å². The van der Waals surface area contributed by atoms with Crippen molar-refractivity contribution in [1.82, 2.24) is 5.32 Å². The molecule has 0 amide bonds. The van der Waals surface area contributed by atoms with E-state index in [1.165, 1.54) is 11.1 Å². The Balaban J connectivity index is 2.46. The summed E-state index contributed by atoms with van der Waals surface area (Å²) in [6.07, 6.45) is 0. The normalized spacial score (nSPS) is 15.3. The Labute approximate surface area is 84.0 Å². The van der Waals surface area contributed by atoms with Crippen LogP contribution in [0.2, 0.25) is 0 Å². The van der Waals surface area contributed by atoms with Gasteiger partial charge in [0.25, 0.3) is 0 Å². The Morgan fingerprint density at radius 2 is 2.29 bits per heavy atom. The highest BCUT2D eigenvalue weighted by atomic mass is 16.5. The Kier molecular flexibility index (Phi) is 2.59. The van der Waals surface area contributed by atoms with Crippen molar-refractivity contribution in [2.24, 2.45) is 0 Å². The molecule has 0 aromatic heterocycles. The van der Waals surface area contributed by atoms with Crippen molar-refractivity contribution in [3.63, 3.8) is 0 Å².